The molecule has 1 saturated heterocycles. The Labute approximate surface area is 115 Å². The van der Waals surface area contributed by atoms with Gasteiger partial charge in [-0.2, -0.15) is 0 Å². The van der Waals surface area contributed by atoms with E-state index in [4.69, 9.17) is 0 Å². The van der Waals surface area contributed by atoms with Crippen molar-refractivity contribution in [3.05, 3.63) is 35.9 Å². The second kappa shape index (κ2) is 6.06. The number of hydrogen-bond acceptors (Lipinski definition) is 2. The summed E-state index contributed by atoms with van der Waals surface area (Å²) < 4.78 is 0. The largest absolute Gasteiger partial charge is 0.328 e. The molecule has 1 heterocycles. The molecule has 1 aromatic rings. The summed E-state index contributed by atoms with van der Waals surface area (Å²) in [6.07, 6.45) is 0. The first-order valence-corrected chi connectivity index (χ1v) is 6.88. The number of nitrogens with zero attached hydrogens (tertiary/aromatic N) is 3. The average molecular weight is 261 g/mol. The van der Waals surface area contributed by atoms with E-state index in [9.17, 15) is 4.79 Å². The fraction of sp³-hybridized carbons (Fsp3) is 0.533. The third kappa shape index (κ3) is 3.07. The van der Waals surface area contributed by atoms with Gasteiger partial charge in [0, 0.05) is 33.2 Å². The summed E-state index contributed by atoms with van der Waals surface area (Å²) in [6.45, 7) is 5.37. The van der Waals surface area contributed by atoms with Gasteiger partial charge in [-0.15, -0.1) is 0 Å². The van der Waals surface area contributed by atoms with E-state index in [1.54, 1.807) is 4.90 Å². The Bertz CT molecular complexity index is 421. The minimum Gasteiger partial charge on any atom is -0.328 e. The maximum absolute atomic E-state index is 12.5. The monoisotopic (exact) mass is 261 g/mol. The molecule has 0 radical (unpaired) electrons. The number of benzene rings is 1. The van der Waals surface area contributed by atoms with Crippen molar-refractivity contribution in [3.8, 4) is 0 Å². The summed E-state index contributed by atoms with van der Waals surface area (Å²) >= 11 is 0. The smallest absolute Gasteiger partial charge is 0.320 e. The van der Waals surface area contributed by atoms with Crippen LogP contribution in [0.25, 0.3) is 0 Å². The van der Waals surface area contributed by atoms with Crippen molar-refractivity contribution >= 4 is 6.03 Å². The SMILES string of the molecule is CCN(C)C(=O)N1CCN(C)CC1c1ccccc1. The van der Waals surface area contributed by atoms with Crippen molar-refractivity contribution in [2.45, 2.75) is 13.0 Å². The maximum atomic E-state index is 12.5. The standard InChI is InChI=1S/C15H23N3O/c1-4-17(3)15(19)18-11-10-16(2)12-14(18)13-8-6-5-7-9-13/h5-9,14H,4,10-12H2,1-3H3. The molecule has 19 heavy (non-hydrogen) atoms. The van der Waals surface area contributed by atoms with E-state index < -0.39 is 0 Å². The summed E-state index contributed by atoms with van der Waals surface area (Å²) in [5, 5.41) is 0. The molecule has 0 aromatic heterocycles. The molecule has 4 heteroatoms. The van der Waals surface area contributed by atoms with E-state index in [1.165, 1.54) is 5.56 Å². The second-order valence-electron chi connectivity index (χ2n) is 5.18. The minimum absolute atomic E-state index is 0.129. The third-order valence-electron chi connectivity index (χ3n) is 3.81. The molecule has 104 valence electrons. The Morgan fingerprint density at radius 1 is 1.32 bits per heavy atom. The highest BCUT2D eigenvalue weighted by atomic mass is 16.2. The van der Waals surface area contributed by atoms with Crippen molar-refractivity contribution in [3.63, 3.8) is 0 Å². The Balaban J connectivity index is 2.22. The number of urea groups is 1. The van der Waals surface area contributed by atoms with E-state index in [1.807, 2.05) is 37.1 Å². The molecule has 0 bridgehead atoms. The molecule has 0 saturated carbocycles. The van der Waals surface area contributed by atoms with Crippen LogP contribution in [0.15, 0.2) is 30.3 Å². The molecule has 0 aliphatic carbocycles. The number of amides is 2. The first kappa shape index (κ1) is 13.9. The van der Waals surface area contributed by atoms with Crippen LogP contribution < -0.4 is 0 Å². The molecule has 1 aliphatic heterocycles. The van der Waals surface area contributed by atoms with Crippen LogP contribution in [0.2, 0.25) is 0 Å². The molecule has 1 atom stereocenters. The lowest BCUT2D eigenvalue weighted by Crippen LogP contribution is -2.52. The molecule has 2 amide bonds. The Kier molecular flexibility index (Phi) is 4.43. The normalized spacial score (nSPS) is 20.4. The predicted molar refractivity (Wildman–Crippen MR) is 77.1 cm³/mol. The molecule has 0 N–H and O–H groups in total. The number of likely N-dealkylation sites (N-methyl/N-ethyl adjacent to an activating group) is 1. The van der Waals surface area contributed by atoms with Gasteiger partial charge in [-0.1, -0.05) is 30.3 Å². The van der Waals surface area contributed by atoms with Gasteiger partial charge in [-0.3, -0.25) is 0 Å². The number of carbonyl (C=O) groups is 1. The van der Waals surface area contributed by atoms with Crippen LogP contribution in [0.1, 0.15) is 18.5 Å². The lowest BCUT2D eigenvalue weighted by atomic mass is 10.0. The highest BCUT2D eigenvalue weighted by Gasteiger charge is 2.31. The third-order valence-corrected chi connectivity index (χ3v) is 3.81. The molecule has 4 nitrogen and oxygen atoms in total. The van der Waals surface area contributed by atoms with Crippen LogP contribution in [0, 0.1) is 0 Å². The first-order valence-electron chi connectivity index (χ1n) is 6.88. The van der Waals surface area contributed by atoms with Crippen molar-refractivity contribution in [2.75, 3.05) is 40.3 Å². The van der Waals surface area contributed by atoms with E-state index in [2.05, 4.69) is 24.1 Å². The fourth-order valence-corrected chi connectivity index (χ4v) is 2.46. The van der Waals surface area contributed by atoms with E-state index in [0.29, 0.717) is 0 Å². The molecular formula is C15H23N3O. The van der Waals surface area contributed by atoms with Gasteiger partial charge in [0.05, 0.1) is 6.04 Å². The van der Waals surface area contributed by atoms with Gasteiger partial charge in [0.15, 0.2) is 0 Å². The van der Waals surface area contributed by atoms with Crippen LogP contribution in [0.5, 0.6) is 0 Å². The minimum atomic E-state index is 0.129. The van der Waals surface area contributed by atoms with E-state index >= 15 is 0 Å². The van der Waals surface area contributed by atoms with E-state index in [0.717, 1.165) is 26.2 Å². The Morgan fingerprint density at radius 2 is 2.00 bits per heavy atom. The Morgan fingerprint density at radius 3 is 2.63 bits per heavy atom. The van der Waals surface area contributed by atoms with Crippen LogP contribution in [-0.2, 0) is 0 Å². The van der Waals surface area contributed by atoms with Gasteiger partial charge in [0.2, 0.25) is 0 Å². The lowest BCUT2D eigenvalue weighted by molar-refractivity contribution is 0.0906. The number of rotatable bonds is 2. The molecule has 1 aromatic carbocycles. The van der Waals surface area contributed by atoms with Gasteiger partial charge < -0.3 is 14.7 Å². The number of carbonyl (C=O) groups excluding carboxylic acids is 1. The fourth-order valence-electron chi connectivity index (χ4n) is 2.46. The lowest BCUT2D eigenvalue weighted by Gasteiger charge is -2.41. The highest BCUT2D eigenvalue weighted by molar-refractivity contribution is 5.75. The zero-order chi connectivity index (χ0) is 13.8. The molecular weight excluding hydrogens is 238 g/mol. The van der Waals surface area contributed by atoms with Gasteiger partial charge in [-0.25, -0.2) is 4.79 Å². The zero-order valence-corrected chi connectivity index (χ0v) is 12.0. The molecule has 0 spiro atoms. The van der Waals surface area contributed by atoms with Crippen molar-refractivity contribution in [1.29, 1.82) is 0 Å². The van der Waals surface area contributed by atoms with Gasteiger partial charge >= 0.3 is 6.03 Å². The van der Waals surface area contributed by atoms with Gasteiger partial charge in [-0.05, 0) is 19.5 Å². The second-order valence-corrected chi connectivity index (χ2v) is 5.18. The predicted octanol–water partition coefficient (Wildman–Crippen LogP) is 2.05. The summed E-state index contributed by atoms with van der Waals surface area (Å²) in [4.78, 5) is 18.5. The van der Waals surface area contributed by atoms with Gasteiger partial charge in [0.25, 0.3) is 0 Å². The zero-order valence-electron chi connectivity index (χ0n) is 12.0. The van der Waals surface area contributed by atoms with Crippen LogP contribution in [0.4, 0.5) is 4.79 Å². The summed E-state index contributed by atoms with van der Waals surface area (Å²) in [6, 6.07) is 10.6. The van der Waals surface area contributed by atoms with E-state index in [-0.39, 0.29) is 12.1 Å². The van der Waals surface area contributed by atoms with Crippen LogP contribution in [0.3, 0.4) is 0 Å². The summed E-state index contributed by atoms with van der Waals surface area (Å²) in [5.74, 6) is 0. The summed E-state index contributed by atoms with van der Waals surface area (Å²) in [7, 11) is 3.98. The molecule has 1 aliphatic rings. The quantitative estimate of drug-likeness (QED) is 0.814. The number of piperazine rings is 1. The summed E-state index contributed by atoms with van der Waals surface area (Å²) in [5.41, 5.74) is 1.21. The van der Waals surface area contributed by atoms with Crippen molar-refractivity contribution < 1.29 is 4.79 Å². The Hall–Kier alpha value is -1.55. The molecule has 1 unspecified atom stereocenters. The van der Waals surface area contributed by atoms with Gasteiger partial charge in [0.1, 0.15) is 0 Å². The maximum Gasteiger partial charge on any atom is 0.320 e. The van der Waals surface area contributed by atoms with Crippen molar-refractivity contribution in [2.24, 2.45) is 0 Å². The van der Waals surface area contributed by atoms with Crippen LogP contribution >= 0.6 is 0 Å². The first-order chi connectivity index (χ1) is 9.13. The average Bonchev–Trinajstić information content (AvgIpc) is 2.46. The molecule has 2 rings (SSSR count). The molecule has 1 fully saturated rings. The topological polar surface area (TPSA) is 26.8 Å². The number of hydrogen-bond donors (Lipinski definition) is 0. The van der Waals surface area contributed by atoms with Crippen molar-refractivity contribution in [1.82, 2.24) is 14.7 Å². The van der Waals surface area contributed by atoms with Crippen LogP contribution in [-0.4, -0.2) is 61.0 Å². The highest BCUT2D eigenvalue weighted by Crippen LogP contribution is 2.25.